The number of hydrogen-bond acceptors (Lipinski definition) is 5. The van der Waals surface area contributed by atoms with E-state index in [1.807, 2.05) is 0 Å². The van der Waals surface area contributed by atoms with Crippen LogP contribution in [0.2, 0.25) is 0 Å². The molecule has 15 heteroatoms. The van der Waals surface area contributed by atoms with Gasteiger partial charge in [0.05, 0.1) is 16.5 Å². The molecule has 2 amide bonds. The molecule has 4 aromatic rings. The van der Waals surface area contributed by atoms with Crippen molar-refractivity contribution in [1.82, 2.24) is 15.6 Å². The molecular formula is C29H23F5N6O3U. The van der Waals surface area contributed by atoms with E-state index in [-0.39, 0.29) is 76.0 Å². The minimum Gasteiger partial charge on any atom is -0.646 e. The molecule has 2 aromatic heterocycles. The molecule has 226 valence electrons. The molecule has 0 saturated heterocycles. The minimum atomic E-state index is -4.66. The van der Waals surface area contributed by atoms with Crippen molar-refractivity contribution >= 4 is 41.3 Å². The average molecular weight is 837 g/mol. The van der Waals surface area contributed by atoms with Crippen LogP contribution in [0.1, 0.15) is 34.6 Å². The molecule has 0 bridgehead atoms. The van der Waals surface area contributed by atoms with Crippen LogP contribution in [0, 0.1) is 42.7 Å². The van der Waals surface area contributed by atoms with Crippen LogP contribution in [0.5, 0.6) is 0 Å². The van der Waals surface area contributed by atoms with E-state index in [2.05, 4.69) is 25.9 Å². The van der Waals surface area contributed by atoms with Gasteiger partial charge in [-0.25, -0.2) is 14.6 Å². The number of fused-ring (bicyclic) bond motifs is 1. The second-order valence-corrected chi connectivity index (χ2v) is 9.82. The Hall–Kier alpha value is -4.09. The topological polar surface area (TPSA) is 131 Å². The van der Waals surface area contributed by atoms with Crippen molar-refractivity contribution in [1.29, 1.82) is 0 Å². The third-order valence-corrected chi connectivity index (χ3v) is 6.33. The van der Waals surface area contributed by atoms with E-state index < -0.39 is 53.1 Å². The zero-order valence-electron chi connectivity index (χ0n) is 23.4. The Bertz CT molecular complexity index is 1750. The van der Waals surface area contributed by atoms with Crippen LogP contribution in [0.25, 0.3) is 39.0 Å². The maximum atomic E-state index is 14.8. The number of rotatable bonds is 8. The van der Waals surface area contributed by atoms with Gasteiger partial charge < -0.3 is 37.5 Å². The largest absolute Gasteiger partial charge is 2.00 e. The van der Waals surface area contributed by atoms with Gasteiger partial charge in [0, 0.05) is 18.2 Å². The maximum absolute atomic E-state index is 14.8. The summed E-state index contributed by atoms with van der Waals surface area (Å²) in [5.41, 5.74) is -1.98. The number of nitrogens with zero attached hydrogens (tertiary/aromatic N) is 3. The smallest absolute Gasteiger partial charge is 0.646 e. The molecule has 2 aromatic carbocycles. The summed E-state index contributed by atoms with van der Waals surface area (Å²) in [5, 5.41) is 17.0. The molecule has 4 rings (SSSR count). The number of anilines is 1. The summed E-state index contributed by atoms with van der Waals surface area (Å²) in [4.78, 5) is 33.3. The fourth-order valence-electron chi connectivity index (χ4n) is 4.15. The number of furan rings is 1. The Morgan fingerprint density at radius 2 is 1.66 bits per heavy atom. The summed E-state index contributed by atoms with van der Waals surface area (Å²) in [6, 6.07) is 9.48. The molecular weight excluding hydrogens is 813 g/mol. The number of hydrogen-bond donors (Lipinski definition) is 3. The van der Waals surface area contributed by atoms with Crippen LogP contribution >= 0.6 is 0 Å². The van der Waals surface area contributed by atoms with Gasteiger partial charge >= 0.3 is 37.3 Å². The standard InChI is InChI=1S/C29H23F5N6O3.U/c1-28(2,27(35)37-4)40-24(41)18-11-15(7-10-20(18)31)17-12-19-21(25(42)36-3)22(14-5-8-16(30)9-6-14)43-26(19)39-23(17)38-13-29(32,33)34;/h4-12H,13H2,1-3H3,(H,36,42)(H,38,39)(H,40,41);/q-2;+2. The number of amides is 2. The van der Waals surface area contributed by atoms with E-state index in [0.717, 1.165) is 24.3 Å². The van der Waals surface area contributed by atoms with Crippen molar-refractivity contribution < 1.29 is 67.1 Å². The van der Waals surface area contributed by atoms with Gasteiger partial charge in [0.2, 0.25) is 5.71 Å². The molecule has 0 unspecified atom stereocenters. The third kappa shape index (κ3) is 7.34. The van der Waals surface area contributed by atoms with Crippen molar-refractivity contribution in [3.63, 3.8) is 0 Å². The first-order valence-electron chi connectivity index (χ1n) is 12.5. The minimum absolute atomic E-state index is 0. The molecule has 3 N–H and O–H groups in total. The molecule has 0 aliphatic carbocycles. The number of carbonyl (C=O) groups excluding carboxylic acids is 2. The summed E-state index contributed by atoms with van der Waals surface area (Å²) >= 11 is 0. The van der Waals surface area contributed by atoms with Crippen LogP contribution in [0.15, 0.2) is 57.9 Å². The fraction of sp³-hybridized carbons (Fsp3) is 0.207. The molecule has 0 spiro atoms. The molecule has 0 atom stereocenters. The molecule has 0 aliphatic rings. The van der Waals surface area contributed by atoms with Crippen LogP contribution in [-0.2, 0) is 0 Å². The van der Waals surface area contributed by atoms with Gasteiger partial charge in [-0.05, 0) is 53.6 Å². The van der Waals surface area contributed by atoms with Gasteiger partial charge in [-0.15, -0.1) is 0 Å². The zero-order valence-corrected chi connectivity index (χ0v) is 27.5. The quantitative estimate of drug-likeness (QED) is 0.0891. The van der Waals surface area contributed by atoms with Gasteiger partial charge in [-0.1, -0.05) is 19.9 Å². The van der Waals surface area contributed by atoms with E-state index in [4.69, 9.17) is 11.1 Å². The number of benzene rings is 2. The van der Waals surface area contributed by atoms with Crippen LogP contribution in [0.4, 0.5) is 27.8 Å². The SMILES string of the molecule is [CH-]=NC(=[N-])C(C)(C)NC(=O)c1cc(-c2cc3c(C(=O)NC)c(-c4ccc(F)cc4)oc3nc2NCC(F)(F)F)ccc1F.[U+2]. The summed E-state index contributed by atoms with van der Waals surface area (Å²) in [6.07, 6.45) is -4.66. The Morgan fingerprint density at radius 3 is 2.25 bits per heavy atom. The van der Waals surface area contributed by atoms with Crippen molar-refractivity contribution in [2.75, 3.05) is 18.9 Å². The first kappa shape index (κ1) is 34.4. The number of halogens is 5. The predicted molar refractivity (Wildman–Crippen MR) is 151 cm³/mol. The second kappa shape index (κ2) is 13.3. The summed E-state index contributed by atoms with van der Waals surface area (Å²) in [5.74, 6) is -4.18. The zero-order chi connectivity index (χ0) is 31.7. The number of amidine groups is 1. The monoisotopic (exact) mass is 836 g/mol. The van der Waals surface area contributed by atoms with E-state index in [0.29, 0.717) is 0 Å². The normalized spacial score (nSPS) is 11.5. The van der Waals surface area contributed by atoms with E-state index in [1.165, 1.54) is 45.2 Å². The van der Waals surface area contributed by atoms with Gasteiger partial charge in [0.25, 0.3) is 11.8 Å². The van der Waals surface area contributed by atoms with Crippen molar-refractivity contribution in [2.45, 2.75) is 25.6 Å². The van der Waals surface area contributed by atoms with E-state index in [9.17, 15) is 37.0 Å². The van der Waals surface area contributed by atoms with Crippen LogP contribution in [-0.4, -0.2) is 54.7 Å². The number of pyridine rings is 1. The molecule has 44 heavy (non-hydrogen) atoms. The van der Waals surface area contributed by atoms with Crippen LogP contribution < -0.4 is 16.0 Å². The van der Waals surface area contributed by atoms with Gasteiger partial charge in [-0.3, -0.25) is 9.59 Å². The molecule has 2 heterocycles. The van der Waals surface area contributed by atoms with Crippen LogP contribution in [0.3, 0.4) is 0 Å². The number of aromatic nitrogens is 1. The first-order valence-corrected chi connectivity index (χ1v) is 12.5. The number of alkyl halides is 3. The van der Waals surface area contributed by atoms with Gasteiger partial charge in [0.15, 0.2) is 0 Å². The van der Waals surface area contributed by atoms with Crippen molar-refractivity contribution in [2.24, 2.45) is 4.99 Å². The van der Waals surface area contributed by atoms with Crippen molar-refractivity contribution in [3.05, 3.63) is 76.7 Å². The van der Waals surface area contributed by atoms with Crippen molar-refractivity contribution in [3.8, 4) is 22.5 Å². The molecule has 0 saturated carbocycles. The van der Waals surface area contributed by atoms with Gasteiger partial charge in [0.1, 0.15) is 29.8 Å². The molecule has 0 fully saturated rings. The Labute approximate surface area is 271 Å². The fourth-order valence-corrected chi connectivity index (χ4v) is 4.15. The summed E-state index contributed by atoms with van der Waals surface area (Å²) < 4.78 is 73.8. The number of carbonyl (C=O) groups is 2. The van der Waals surface area contributed by atoms with E-state index >= 15 is 0 Å². The Balaban J connectivity index is 0.00000529. The summed E-state index contributed by atoms with van der Waals surface area (Å²) in [6.45, 7) is 6.28. The first-order chi connectivity index (χ1) is 20.1. The average Bonchev–Trinajstić information content (AvgIpc) is 3.33. The maximum Gasteiger partial charge on any atom is 2.00 e. The third-order valence-electron chi connectivity index (χ3n) is 6.33. The predicted octanol–water partition coefficient (Wildman–Crippen LogP) is 5.83. The Kier molecular flexibility index (Phi) is 10.4. The Morgan fingerprint density at radius 1 is 1.02 bits per heavy atom. The number of nitrogens with one attached hydrogen (secondary N) is 3. The van der Waals surface area contributed by atoms with E-state index in [1.54, 1.807) is 0 Å². The number of aliphatic imine (C=N–C) groups is 1. The summed E-state index contributed by atoms with van der Waals surface area (Å²) in [7, 11) is 1.35. The molecule has 9 nitrogen and oxygen atoms in total. The second-order valence-electron chi connectivity index (χ2n) is 9.82. The molecule has 0 radical (unpaired) electrons. The molecule has 0 aliphatic heterocycles. The van der Waals surface area contributed by atoms with Gasteiger partial charge in [-0.2, -0.15) is 18.2 Å².